The Morgan fingerprint density at radius 1 is 1.17 bits per heavy atom. The lowest BCUT2D eigenvalue weighted by molar-refractivity contribution is 0.0941. The highest BCUT2D eigenvalue weighted by atomic mass is 35.5. The van der Waals surface area contributed by atoms with Gasteiger partial charge in [0.2, 0.25) is 0 Å². The number of nitrogens with zero attached hydrogens (tertiary/aromatic N) is 3. The van der Waals surface area contributed by atoms with Gasteiger partial charge in [0.1, 0.15) is 40.8 Å². The molecule has 1 aliphatic rings. The Morgan fingerprint density at radius 2 is 1.93 bits per heavy atom. The van der Waals surface area contributed by atoms with Crippen LogP contribution in [-0.2, 0) is 5.66 Å². The van der Waals surface area contributed by atoms with E-state index in [4.69, 9.17) is 11.6 Å². The molecule has 3 heterocycles. The Balaban J connectivity index is 1.88. The minimum absolute atomic E-state index is 0.00702. The normalized spacial score (nSPS) is 17.6. The van der Waals surface area contributed by atoms with Crippen LogP contribution in [0.3, 0.4) is 0 Å². The molecule has 0 bridgehead atoms. The number of benzene rings is 1. The topological polar surface area (TPSA) is 101 Å². The van der Waals surface area contributed by atoms with Crippen molar-refractivity contribution in [2.45, 2.75) is 12.6 Å². The number of aromatic nitrogens is 3. The van der Waals surface area contributed by atoms with E-state index in [1.165, 1.54) is 35.2 Å². The summed E-state index contributed by atoms with van der Waals surface area (Å²) in [5, 5.41) is 8.60. The fourth-order valence-corrected chi connectivity index (χ4v) is 3.62. The maximum atomic E-state index is 13.8. The van der Waals surface area contributed by atoms with Gasteiger partial charge in [0.25, 0.3) is 11.5 Å². The summed E-state index contributed by atoms with van der Waals surface area (Å²) >= 11 is 6.33. The van der Waals surface area contributed by atoms with Crippen molar-refractivity contribution in [1.29, 1.82) is 0 Å². The third kappa shape index (κ3) is 3.09. The molecule has 1 atom stereocenters. The molecule has 1 aromatic carbocycles. The van der Waals surface area contributed by atoms with Gasteiger partial charge in [-0.05, 0) is 25.1 Å². The standard InChI is InChI=1S/C19H16ClFN6O2/c1-19(10-4-3-5-11(21)6-10)26-17(28)16-12(20)7-13(18(29)27(16)19)25-15-8-14(22-2)23-9-24-15/h3-9H,1-2H3,(H,26,28)(H2,22,23,24,25). The predicted molar refractivity (Wildman–Crippen MR) is 107 cm³/mol. The van der Waals surface area contributed by atoms with Gasteiger partial charge < -0.3 is 16.0 Å². The van der Waals surface area contributed by atoms with Crippen molar-refractivity contribution in [3.05, 3.63) is 75.2 Å². The SMILES string of the molecule is CNc1cc(Nc2cc(Cl)c3n(c2=O)C(C)(c2cccc(F)c2)NC3=O)ncn1. The molecular weight excluding hydrogens is 399 g/mol. The largest absolute Gasteiger partial charge is 0.373 e. The fraction of sp³-hybridized carbons (Fsp3) is 0.158. The third-order valence-corrected chi connectivity index (χ3v) is 5.03. The van der Waals surface area contributed by atoms with Crippen LogP contribution in [0.5, 0.6) is 0 Å². The van der Waals surface area contributed by atoms with E-state index < -0.39 is 22.9 Å². The van der Waals surface area contributed by atoms with Crippen molar-refractivity contribution in [2.24, 2.45) is 0 Å². The summed E-state index contributed by atoms with van der Waals surface area (Å²) in [5.41, 5.74) is -1.31. The molecule has 0 radical (unpaired) electrons. The molecule has 0 fully saturated rings. The summed E-state index contributed by atoms with van der Waals surface area (Å²) < 4.78 is 15.1. The molecule has 2 aromatic heterocycles. The van der Waals surface area contributed by atoms with Crippen molar-refractivity contribution in [2.75, 3.05) is 17.7 Å². The first-order valence-corrected chi connectivity index (χ1v) is 9.02. The second-order valence-electron chi connectivity index (χ2n) is 6.60. The molecule has 1 unspecified atom stereocenters. The fourth-order valence-electron chi connectivity index (χ4n) is 3.34. The first-order valence-electron chi connectivity index (χ1n) is 8.65. The molecule has 8 nitrogen and oxygen atoms in total. The maximum Gasteiger partial charge on any atom is 0.277 e. The Kier molecular flexibility index (Phi) is 4.46. The van der Waals surface area contributed by atoms with Gasteiger partial charge >= 0.3 is 0 Å². The second kappa shape index (κ2) is 6.85. The van der Waals surface area contributed by atoms with Crippen molar-refractivity contribution in [3.8, 4) is 0 Å². The van der Waals surface area contributed by atoms with E-state index in [1.54, 1.807) is 26.1 Å². The number of anilines is 3. The summed E-state index contributed by atoms with van der Waals surface area (Å²) in [7, 11) is 1.70. The van der Waals surface area contributed by atoms with E-state index >= 15 is 0 Å². The molecule has 4 rings (SSSR count). The van der Waals surface area contributed by atoms with E-state index in [2.05, 4.69) is 25.9 Å². The number of hydrogen-bond donors (Lipinski definition) is 3. The van der Waals surface area contributed by atoms with Crippen LogP contribution in [-0.4, -0.2) is 27.5 Å². The van der Waals surface area contributed by atoms with Crippen LogP contribution in [0.1, 0.15) is 23.0 Å². The molecule has 148 valence electrons. The lowest BCUT2D eigenvalue weighted by Crippen LogP contribution is -2.46. The zero-order chi connectivity index (χ0) is 20.8. The van der Waals surface area contributed by atoms with Crippen molar-refractivity contribution >= 4 is 34.8 Å². The molecule has 1 aliphatic heterocycles. The Labute approximate surface area is 169 Å². The highest BCUT2D eigenvalue weighted by Crippen LogP contribution is 2.33. The molecule has 29 heavy (non-hydrogen) atoms. The van der Waals surface area contributed by atoms with Gasteiger partial charge in [-0.3, -0.25) is 14.2 Å². The van der Waals surface area contributed by atoms with Crippen molar-refractivity contribution in [3.63, 3.8) is 0 Å². The number of halogens is 2. The summed E-state index contributed by atoms with van der Waals surface area (Å²) in [6.07, 6.45) is 1.34. The molecule has 0 saturated heterocycles. The number of rotatable bonds is 4. The van der Waals surface area contributed by atoms with Crippen LogP contribution in [0.25, 0.3) is 0 Å². The Hall–Kier alpha value is -3.46. The van der Waals surface area contributed by atoms with E-state index in [-0.39, 0.29) is 16.4 Å². The van der Waals surface area contributed by atoms with Crippen LogP contribution in [0.15, 0.2) is 47.5 Å². The number of nitrogens with one attached hydrogen (secondary N) is 3. The van der Waals surface area contributed by atoms with Crippen molar-refractivity contribution < 1.29 is 9.18 Å². The average Bonchev–Trinajstić information content (AvgIpc) is 2.98. The number of pyridine rings is 1. The van der Waals surface area contributed by atoms with Gasteiger partial charge in [0.15, 0.2) is 0 Å². The van der Waals surface area contributed by atoms with E-state index in [9.17, 15) is 14.0 Å². The van der Waals surface area contributed by atoms with E-state index in [0.717, 1.165) is 0 Å². The lowest BCUT2D eigenvalue weighted by Gasteiger charge is -2.28. The predicted octanol–water partition coefficient (Wildman–Crippen LogP) is 2.68. The number of fused-ring (bicyclic) bond motifs is 1. The summed E-state index contributed by atoms with van der Waals surface area (Å²) in [6.45, 7) is 1.61. The Morgan fingerprint density at radius 3 is 2.66 bits per heavy atom. The lowest BCUT2D eigenvalue weighted by atomic mass is 10.0. The first-order chi connectivity index (χ1) is 13.8. The van der Waals surface area contributed by atoms with E-state index in [1.807, 2.05) is 0 Å². The summed E-state index contributed by atoms with van der Waals surface area (Å²) in [6, 6.07) is 8.66. The third-order valence-electron chi connectivity index (χ3n) is 4.75. The van der Waals surface area contributed by atoms with Gasteiger partial charge in [0.05, 0.1) is 5.02 Å². The van der Waals surface area contributed by atoms with Gasteiger partial charge in [-0.25, -0.2) is 14.4 Å². The summed E-state index contributed by atoms with van der Waals surface area (Å²) in [5.74, 6) is -0.0931. The second-order valence-corrected chi connectivity index (χ2v) is 7.00. The van der Waals surface area contributed by atoms with Crippen LogP contribution in [0.2, 0.25) is 5.02 Å². The minimum Gasteiger partial charge on any atom is -0.373 e. The monoisotopic (exact) mass is 414 g/mol. The van der Waals surface area contributed by atoms with Gasteiger partial charge in [-0.15, -0.1) is 0 Å². The molecule has 3 aromatic rings. The van der Waals surface area contributed by atoms with Gasteiger partial charge in [-0.2, -0.15) is 0 Å². The number of carbonyl (C=O) groups excluding carboxylic acids is 1. The molecule has 1 amide bonds. The first kappa shape index (κ1) is 18.9. The van der Waals surface area contributed by atoms with Gasteiger partial charge in [0, 0.05) is 18.7 Å². The molecule has 0 aliphatic carbocycles. The summed E-state index contributed by atoms with van der Waals surface area (Å²) in [4.78, 5) is 34.0. The molecule has 0 spiro atoms. The van der Waals surface area contributed by atoms with E-state index in [0.29, 0.717) is 17.2 Å². The molecule has 3 N–H and O–H groups in total. The van der Waals surface area contributed by atoms with Crippen molar-refractivity contribution in [1.82, 2.24) is 19.9 Å². The number of amides is 1. The van der Waals surface area contributed by atoms with Crippen LogP contribution < -0.4 is 21.5 Å². The Bertz CT molecular complexity index is 1200. The molecule has 0 saturated carbocycles. The zero-order valence-corrected chi connectivity index (χ0v) is 16.2. The minimum atomic E-state index is -1.31. The van der Waals surface area contributed by atoms with Gasteiger partial charge in [-0.1, -0.05) is 23.7 Å². The molecular formula is C19H16ClFN6O2. The number of hydrogen-bond acceptors (Lipinski definition) is 6. The zero-order valence-electron chi connectivity index (χ0n) is 15.5. The highest BCUT2D eigenvalue weighted by molar-refractivity contribution is 6.34. The van der Waals surface area contributed by atoms with Crippen LogP contribution >= 0.6 is 11.6 Å². The van der Waals surface area contributed by atoms with Crippen LogP contribution in [0, 0.1) is 5.82 Å². The average molecular weight is 415 g/mol. The van der Waals surface area contributed by atoms with Crippen LogP contribution in [0.4, 0.5) is 21.7 Å². The quantitative estimate of drug-likeness (QED) is 0.606. The maximum absolute atomic E-state index is 13.8. The highest BCUT2D eigenvalue weighted by Gasteiger charge is 2.43. The number of carbonyl (C=O) groups is 1. The smallest absolute Gasteiger partial charge is 0.277 e. The molecule has 10 heteroatoms.